The monoisotopic (exact) mass is 277 g/mol. The Morgan fingerprint density at radius 2 is 2.05 bits per heavy atom. The van der Waals surface area contributed by atoms with Crippen LogP contribution in [-0.2, 0) is 6.42 Å². The van der Waals surface area contributed by atoms with Crippen LogP contribution in [0.25, 0.3) is 10.9 Å². The molecule has 1 aromatic heterocycles. The SMILES string of the molecule is CC1CCCc2c1nc1cc(F)c(F)cc1c2C(=O)O. The topological polar surface area (TPSA) is 50.2 Å². The smallest absolute Gasteiger partial charge is 0.336 e. The minimum Gasteiger partial charge on any atom is -0.478 e. The fraction of sp³-hybridized carbons (Fsp3) is 0.333. The molecule has 0 saturated heterocycles. The number of fused-ring (bicyclic) bond motifs is 2. The summed E-state index contributed by atoms with van der Waals surface area (Å²) >= 11 is 0. The molecule has 2 aromatic rings. The number of hydrogen-bond donors (Lipinski definition) is 1. The van der Waals surface area contributed by atoms with Crippen molar-refractivity contribution in [3.05, 3.63) is 40.6 Å². The van der Waals surface area contributed by atoms with E-state index in [1.807, 2.05) is 6.92 Å². The molecule has 1 unspecified atom stereocenters. The summed E-state index contributed by atoms with van der Waals surface area (Å²) in [6.45, 7) is 1.97. The molecule has 3 rings (SSSR count). The third kappa shape index (κ3) is 1.85. The first-order valence-corrected chi connectivity index (χ1v) is 6.54. The second-order valence-corrected chi connectivity index (χ2v) is 5.23. The number of nitrogens with zero attached hydrogens (tertiary/aromatic N) is 1. The van der Waals surface area contributed by atoms with Gasteiger partial charge in [-0.15, -0.1) is 0 Å². The van der Waals surface area contributed by atoms with Crippen molar-refractivity contribution in [2.45, 2.75) is 32.1 Å². The van der Waals surface area contributed by atoms with Gasteiger partial charge in [0.2, 0.25) is 0 Å². The Hall–Kier alpha value is -2.04. The molecular formula is C15H13F2NO2. The Bertz CT molecular complexity index is 728. The van der Waals surface area contributed by atoms with Crippen molar-refractivity contribution in [1.82, 2.24) is 4.98 Å². The number of carbonyl (C=O) groups is 1. The maximum Gasteiger partial charge on any atom is 0.336 e. The van der Waals surface area contributed by atoms with Gasteiger partial charge in [-0.1, -0.05) is 6.92 Å². The van der Waals surface area contributed by atoms with Gasteiger partial charge >= 0.3 is 5.97 Å². The van der Waals surface area contributed by atoms with Crippen molar-refractivity contribution in [2.24, 2.45) is 0 Å². The number of carboxylic acid groups (broad SMARTS) is 1. The van der Waals surface area contributed by atoms with Gasteiger partial charge in [-0.3, -0.25) is 4.98 Å². The molecule has 1 heterocycles. The molecule has 0 saturated carbocycles. The lowest BCUT2D eigenvalue weighted by atomic mass is 9.84. The molecule has 104 valence electrons. The van der Waals surface area contributed by atoms with Crippen LogP contribution in [-0.4, -0.2) is 16.1 Å². The van der Waals surface area contributed by atoms with E-state index in [9.17, 15) is 18.7 Å². The van der Waals surface area contributed by atoms with E-state index < -0.39 is 17.6 Å². The Kier molecular flexibility index (Phi) is 2.92. The zero-order chi connectivity index (χ0) is 14.4. The molecule has 3 nitrogen and oxygen atoms in total. The van der Waals surface area contributed by atoms with Crippen molar-refractivity contribution < 1.29 is 18.7 Å². The summed E-state index contributed by atoms with van der Waals surface area (Å²) in [5, 5.41) is 9.61. The molecule has 0 fully saturated rings. The third-order valence-electron chi connectivity index (χ3n) is 3.90. The van der Waals surface area contributed by atoms with Crippen LogP contribution in [0.2, 0.25) is 0 Å². The standard InChI is InChI=1S/C15H13F2NO2/c1-7-3-2-4-8-13(15(19)20)9-5-10(16)11(17)6-12(9)18-14(7)8/h5-7H,2-4H2,1H3,(H,19,20). The number of pyridine rings is 1. The average Bonchev–Trinajstić information content (AvgIpc) is 2.38. The molecule has 0 spiro atoms. The van der Waals surface area contributed by atoms with Gasteiger partial charge in [0.25, 0.3) is 0 Å². The summed E-state index contributed by atoms with van der Waals surface area (Å²) in [5.74, 6) is -3.04. The van der Waals surface area contributed by atoms with Crippen LogP contribution in [0.4, 0.5) is 8.78 Å². The van der Waals surface area contributed by atoms with Gasteiger partial charge in [0.1, 0.15) is 0 Å². The van der Waals surface area contributed by atoms with Crippen LogP contribution < -0.4 is 0 Å². The minimum atomic E-state index is -1.12. The van der Waals surface area contributed by atoms with Crippen molar-refractivity contribution in [2.75, 3.05) is 0 Å². The molecule has 0 aliphatic heterocycles. The van der Waals surface area contributed by atoms with Crippen LogP contribution in [0.3, 0.4) is 0 Å². The van der Waals surface area contributed by atoms with Gasteiger partial charge in [0.05, 0.1) is 11.1 Å². The predicted molar refractivity (Wildman–Crippen MR) is 70.0 cm³/mol. The summed E-state index contributed by atoms with van der Waals surface area (Å²) in [5.41, 5.74) is 1.63. The number of carboxylic acids is 1. The number of rotatable bonds is 1. The average molecular weight is 277 g/mol. The Balaban J connectivity index is 2.44. The largest absolute Gasteiger partial charge is 0.478 e. The summed E-state index contributed by atoms with van der Waals surface area (Å²) < 4.78 is 26.8. The lowest BCUT2D eigenvalue weighted by molar-refractivity contribution is 0.0697. The third-order valence-corrected chi connectivity index (χ3v) is 3.90. The summed E-state index contributed by atoms with van der Waals surface area (Å²) in [6.07, 6.45) is 2.42. The van der Waals surface area contributed by atoms with Gasteiger partial charge in [-0.05, 0) is 36.8 Å². The Morgan fingerprint density at radius 3 is 2.75 bits per heavy atom. The number of hydrogen-bond acceptors (Lipinski definition) is 2. The molecule has 1 aromatic carbocycles. The highest BCUT2D eigenvalue weighted by Crippen LogP contribution is 2.35. The van der Waals surface area contributed by atoms with Crippen molar-refractivity contribution >= 4 is 16.9 Å². The van der Waals surface area contributed by atoms with Gasteiger partial charge in [-0.25, -0.2) is 13.6 Å². The maximum atomic E-state index is 13.4. The highest BCUT2D eigenvalue weighted by molar-refractivity contribution is 6.04. The molecular weight excluding hydrogens is 264 g/mol. The molecule has 1 atom stereocenters. The molecule has 0 amide bonds. The summed E-state index contributed by atoms with van der Waals surface area (Å²) in [4.78, 5) is 15.9. The second-order valence-electron chi connectivity index (χ2n) is 5.23. The Morgan fingerprint density at radius 1 is 1.35 bits per heavy atom. The second kappa shape index (κ2) is 4.51. The van der Waals surface area contributed by atoms with Crippen LogP contribution in [0, 0.1) is 11.6 Å². The summed E-state index contributed by atoms with van der Waals surface area (Å²) in [6, 6.07) is 1.90. The molecule has 1 aliphatic rings. The Labute approximate surface area is 114 Å². The summed E-state index contributed by atoms with van der Waals surface area (Å²) in [7, 11) is 0. The van der Waals surface area contributed by atoms with E-state index in [4.69, 9.17) is 0 Å². The van der Waals surface area contributed by atoms with Crippen molar-refractivity contribution in [1.29, 1.82) is 0 Å². The van der Waals surface area contributed by atoms with Crippen molar-refractivity contribution in [3.63, 3.8) is 0 Å². The van der Waals surface area contributed by atoms with Gasteiger partial charge in [-0.2, -0.15) is 0 Å². The fourth-order valence-corrected chi connectivity index (χ4v) is 2.94. The van der Waals surface area contributed by atoms with Crippen LogP contribution in [0.15, 0.2) is 12.1 Å². The first-order valence-electron chi connectivity index (χ1n) is 6.54. The lowest BCUT2D eigenvalue weighted by Gasteiger charge is -2.23. The molecule has 5 heteroatoms. The highest BCUT2D eigenvalue weighted by Gasteiger charge is 2.26. The number of aromatic nitrogens is 1. The number of halogens is 2. The highest BCUT2D eigenvalue weighted by atomic mass is 19.2. The quantitative estimate of drug-likeness (QED) is 0.865. The van der Waals surface area contributed by atoms with E-state index in [-0.39, 0.29) is 22.4 Å². The van der Waals surface area contributed by atoms with Gasteiger partial charge < -0.3 is 5.11 Å². The molecule has 20 heavy (non-hydrogen) atoms. The fourth-order valence-electron chi connectivity index (χ4n) is 2.94. The van der Waals surface area contributed by atoms with E-state index >= 15 is 0 Å². The lowest BCUT2D eigenvalue weighted by Crippen LogP contribution is -2.16. The number of aromatic carboxylic acids is 1. The van der Waals surface area contributed by atoms with E-state index in [0.29, 0.717) is 17.7 Å². The molecule has 0 radical (unpaired) electrons. The minimum absolute atomic E-state index is 0.0652. The van der Waals surface area contributed by atoms with E-state index in [1.54, 1.807) is 0 Å². The number of benzene rings is 1. The normalized spacial score (nSPS) is 18.1. The zero-order valence-electron chi connectivity index (χ0n) is 10.9. The zero-order valence-corrected chi connectivity index (χ0v) is 10.9. The molecule has 1 N–H and O–H groups in total. The maximum absolute atomic E-state index is 13.4. The van der Waals surface area contributed by atoms with E-state index in [0.717, 1.165) is 25.0 Å². The van der Waals surface area contributed by atoms with Gasteiger partial charge in [0, 0.05) is 17.1 Å². The van der Waals surface area contributed by atoms with Crippen molar-refractivity contribution in [3.8, 4) is 0 Å². The van der Waals surface area contributed by atoms with E-state index in [2.05, 4.69) is 4.98 Å². The first kappa shape index (κ1) is 13.0. The van der Waals surface area contributed by atoms with E-state index in [1.165, 1.54) is 0 Å². The molecule has 0 bridgehead atoms. The van der Waals surface area contributed by atoms with Crippen LogP contribution in [0.5, 0.6) is 0 Å². The van der Waals surface area contributed by atoms with Crippen LogP contribution in [0.1, 0.15) is 47.3 Å². The van der Waals surface area contributed by atoms with Crippen LogP contribution >= 0.6 is 0 Å². The molecule has 1 aliphatic carbocycles. The van der Waals surface area contributed by atoms with Gasteiger partial charge in [0.15, 0.2) is 11.6 Å². The first-order chi connectivity index (χ1) is 9.49. The predicted octanol–water partition coefficient (Wildman–Crippen LogP) is 3.65.